The Morgan fingerprint density at radius 2 is 1.88 bits per heavy atom. The van der Waals surface area contributed by atoms with Crippen LogP contribution in [-0.4, -0.2) is 47.0 Å². The molecule has 0 aromatic rings. The Morgan fingerprint density at radius 3 is 2.42 bits per heavy atom. The van der Waals surface area contributed by atoms with Gasteiger partial charge in [0, 0.05) is 19.5 Å². The summed E-state index contributed by atoms with van der Waals surface area (Å²) < 4.78 is 0. The van der Waals surface area contributed by atoms with Gasteiger partial charge in [-0.3, -0.25) is 9.69 Å². The summed E-state index contributed by atoms with van der Waals surface area (Å²) in [5.74, 6) is 1.19. The van der Waals surface area contributed by atoms with Crippen molar-refractivity contribution in [1.29, 1.82) is 5.26 Å². The first kappa shape index (κ1) is 19.2. The Labute approximate surface area is 156 Å². The van der Waals surface area contributed by atoms with Crippen LogP contribution >= 0.6 is 0 Å². The van der Waals surface area contributed by atoms with Gasteiger partial charge in [0.25, 0.3) is 5.91 Å². The minimum Gasteiger partial charge on any atom is -0.323 e. The molecular weight excluding hydrogens is 328 g/mol. The molecular formula is C20H32N4O2. The summed E-state index contributed by atoms with van der Waals surface area (Å²) in [6, 6.07) is 1.91. The molecule has 1 N–H and O–H groups in total. The van der Waals surface area contributed by atoms with Crippen LogP contribution in [0.2, 0.25) is 0 Å². The average Bonchev–Trinajstić information content (AvgIpc) is 3.36. The lowest BCUT2D eigenvalue weighted by atomic mass is 9.67. The van der Waals surface area contributed by atoms with Crippen molar-refractivity contribution in [1.82, 2.24) is 15.1 Å². The van der Waals surface area contributed by atoms with E-state index in [9.17, 15) is 9.59 Å². The SMILES string of the molecule is CC(C)(C)C1CCC2(CC1)NC(=O)N(CN(CCC#N)CC1CC1)C2=O. The van der Waals surface area contributed by atoms with Crippen LogP contribution in [0.4, 0.5) is 4.79 Å². The minimum absolute atomic E-state index is 0.0624. The third kappa shape index (κ3) is 4.03. The number of hydrogen-bond acceptors (Lipinski definition) is 4. The molecule has 0 radical (unpaired) electrons. The zero-order valence-corrected chi connectivity index (χ0v) is 16.4. The van der Waals surface area contributed by atoms with Crippen LogP contribution in [0.3, 0.4) is 0 Å². The molecule has 1 aliphatic heterocycles. The molecule has 0 bridgehead atoms. The molecule has 6 nitrogen and oxygen atoms in total. The summed E-state index contributed by atoms with van der Waals surface area (Å²) in [5.41, 5.74) is -0.454. The molecule has 3 aliphatic rings. The van der Waals surface area contributed by atoms with E-state index in [-0.39, 0.29) is 17.4 Å². The van der Waals surface area contributed by atoms with Crippen molar-refractivity contribution in [2.45, 2.75) is 71.3 Å². The third-order valence-corrected chi connectivity index (χ3v) is 6.40. The van der Waals surface area contributed by atoms with Gasteiger partial charge in [-0.1, -0.05) is 20.8 Å². The standard InChI is InChI=1S/C20H32N4O2/c1-19(2,3)16-7-9-20(10-8-16)17(25)24(18(26)22-20)14-23(12-4-11-21)13-15-5-6-15/h15-16H,4-10,12-14H2,1-3H3,(H,22,26). The van der Waals surface area contributed by atoms with Gasteiger partial charge in [-0.05, 0) is 55.8 Å². The molecule has 0 unspecified atom stereocenters. The molecule has 1 saturated heterocycles. The monoisotopic (exact) mass is 360 g/mol. The molecule has 0 aromatic carbocycles. The van der Waals surface area contributed by atoms with Gasteiger partial charge in [0.1, 0.15) is 5.54 Å². The van der Waals surface area contributed by atoms with E-state index >= 15 is 0 Å². The summed E-state index contributed by atoms with van der Waals surface area (Å²) >= 11 is 0. The number of hydrogen-bond donors (Lipinski definition) is 1. The van der Waals surface area contributed by atoms with Crippen molar-refractivity contribution in [2.24, 2.45) is 17.3 Å². The highest BCUT2D eigenvalue weighted by Gasteiger charge is 2.53. The van der Waals surface area contributed by atoms with Crippen LogP contribution in [0, 0.1) is 28.6 Å². The second-order valence-electron chi connectivity index (χ2n) is 9.46. The Hall–Kier alpha value is -1.61. The number of nitrogens with one attached hydrogen (secondary N) is 1. The number of carbonyl (C=O) groups excluding carboxylic acids is 2. The van der Waals surface area contributed by atoms with Crippen molar-refractivity contribution >= 4 is 11.9 Å². The Kier molecular flexibility index (Phi) is 5.30. The first-order valence-electron chi connectivity index (χ1n) is 9.98. The quantitative estimate of drug-likeness (QED) is 0.739. The number of rotatable bonds is 6. The van der Waals surface area contributed by atoms with Crippen molar-refractivity contribution in [3.8, 4) is 6.07 Å². The van der Waals surface area contributed by atoms with Gasteiger partial charge in [0.15, 0.2) is 0 Å². The number of amides is 3. The fraction of sp³-hybridized carbons (Fsp3) is 0.850. The van der Waals surface area contributed by atoms with Crippen LogP contribution in [-0.2, 0) is 4.79 Å². The predicted octanol–water partition coefficient (Wildman–Crippen LogP) is 3.10. The fourth-order valence-electron chi connectivity index (χ4n) is 4.41. The van der Waals surface area contributed by atoms with E-state index in [1.54, 1.807) is 0 Å². The first-order valence-corrected chi connectivity index (χ1v) is 9.98. The third-order valence-electron chi connectivity index (χ3n) is 6.40. The van der Waals surface area contributed by atoms with Crippen molar-refractivity contribution in [3.63, 3.8) is 0 Å². The minimum atomic E-state index is -0.695. The number of imide groups is 1. The van der Waals surface area contributed by atoms with Gasteiger partial charge in [-0.15, -0.1) is 0 Å². The van der Waals surface area contributed by atoms with Gasteiger partial charge >= 0.3 is 6.03 Å². The molecule has 26 heavy (non-hydrogen) atoms. The highest BCUT2D eigenvalue weighted by Crippen LogP contribution is 2.43. The second-order valence-corrected chi connectivity index (χ2v) is 9.46. The molecule has 144 valence electrons. The van der Waals surface area contributed by atoms with Gasteiger partial charge in [-0.2, -0.15) is 5.26 Å². The smallest absolute Gasteiger partial charge is 0.323 e. The molecule has 3 amide bonds. The van der Waals surface area contributed by atoms with E-state index in [1.807, 2.05) is 0 Å². The molecule has 1 spiro atoms. The molecule has 0 atom stereocenters. The van der Waals surface area contributed by atoms with Crippen LogP contribution < -0.4 is 5.32 Å². The molecule has 2 saturated carbocycles. The Bertz CT molecular complexity index is 592. The normalized spacial score (nSPS) is 29.3. The van der Waals surface area contributed by atoms with Crippen molar-refractivity contribution < 1.29 is 9.59 Å². The van der Waals surface area contributed by atoms with Gasteiger partial charge in [0.2, 0.25) is 0 Å². The van der Waals surface area contributed by atoms with Crippen LogP contribution in [0.5, 0.6) is 0 Å². The van der Waals surface area contributed by atoms with E-state index in [2.05, 4.69) is 37.1 Å². The number of nitriles is 1. The van der Waals surface area contributed by atoms with Crippen LogP contribution in [0.15, 0.2) is 0 Å². The molecule has 6 heteroatoms. The van der Waals surface area contributed by atoms with Crippen molar-refractivity contribution in [2.75, 3.05) is 19.8 Å². The van der Waals surface area contributed by atoms with E-state index in [1.165, 1.54) is 17.7 Å². The summed E-state index contributed by atoms with van der Waals surface area (Å²) in [7, 11) is 0. The van der Waals surface area contributed by atoms with E-state index < -0.39 is 5.54 Å². The van der Waals surface area contributed by atoms with E-state index in [4.69, 9.17) is 5.26 Å². The van der Waals surface area contributed by atoms with E-state index in [0.717, 1.165) is 32.2 Å². The molecule has 3 fully saturated rings. The zero-order chi connectivity index (χ0) is 18.9. The average molecular weight is 361 g/mol. The lowest BCUT2D eigenvalue weighted by Crippen LogP contribution is -2.51. The Balaban J connectivity index is 1.64. The molecule has 3 rings (SSSR count). The van der Waals surface area contributed by atoms with Gasteiger partial charge < -0.3 is 5.32 Å². The largest absolute Gasteiger partial charge is 0.326 e. The summed E-state index contributed by atoms with van der Waals surface area (Å²) in [6.07, 6.45) is 6.26. The predicted molar refractivity (Wildman–Crippen MR) is 98.9 cm³/mol. The van der Waals surface area contributed by atoms with Crippen LogP contribution in [0.1, 0.15) is 65.7 Å². The highest BCUT2D eigenvalue weighted by atomic mass is 16.2. The maximum absolute atomic E-state index is 13.1. The molecule has 1 heterocycles. The number of urea groups is 1. The van der Waals surface area contributed by atoms with Crippen molar-refractivity contribution in [3.05, 3.63) is 0 Å². The maximum Gasteiger partial charge on any atom is 0.326 e. The van der Waals surface area contributed by atoms with E-state index in [0.29, 0.717) is 31.5 Å². The van der Waals surface area contributed by atoms with Crippen LogP contribution in [0.25, 0.3) is 0 Å². The topological polar surface area (TPSA) is 76.4 Å². The number of carbonyl (C=O) groups is 2. The zero-order valence-electron chi connectivity index (χ0n) is 16.4. The second kappa shape index (κ2) is 7.19. The van der Waals surface area contributed by atoms with Gasteiger partial charge in [0.05, 0.1) is 12.7 Å². The molecule has 2 aliphatic carbocycles. The highest BCUT2D eigenvalue weighted by molar-refractivity contribution is 6.07. The maximum atomic E-state index is 13.1. The summed E-state index contributed by atoms with van der Waals surface area (Å²) in [6.45, 7) is 8.56. The molecule has 0 aromatic heterocycles. The summed E-state index contributed by atoms with van der Waals surface area (Å²) in [5, 5.41) is 11.9. The lowest BCUT2D eigenvalue weighted by molar-refractivity contribution is -0.134. The Morgan fingerprint density at radius 1 is 1.23 bits per heavy atom. The lowest BCUT2D eigenvalue weighted by Gasteiger charge is -2.40. The fourth-order valence-corrected chi connectivity index (χ4v) is 4.41. The summed E-state index contributed by atoms with van der Waals surface area (Å²) in [4.78, 5) is 29.1. The number of nitrogens with zero attached hydrogens (tertiary/aromatic N) is 3. The van der Waals surface area contributed by atoms with Gasteiger partial charge in [-0.25, -0.2) is 9.69 Å². The first-order chi connectivity index (χ1) is 12.2.